The number of carbonyl (C=O) groups excluding carboxylic acids is 1. The fourth-order valence-electron chi connectivity index (χ4n) is 1.39. The molecule has 74 valence electrons. The molecule has 1 heterocycles. The summed E-state index contributed by atoms with van der Waals surface area (Å²) in [7, 11) is 0. The van der Waals surface area contributed by atoms with Crippen molar-refractivity contribution in [3.8, 4) is 0 Å². The van der Waals surface area contributed by atoms with Crippen molar-refractivity contribution in [1.82, 2.24) is 5.32 Å². The fourth-order valence-corrected chi connectivity index (χ4v) is 1.39. The molecular weight excluding hydrogens is 174 g/mol. The van der Waals surface area contributed by atoms with Crippen molar-refractivity contribution >= 4 is 11.9 Å². The number of carboxylic acid groups (broad SMARTS) is 1. The van der Waals surface area contributed by atoms with Crippen molar-refractivity contribution < 1.29 is 19.4 Å². The van der Waals surface area contributed by atoms with Crippen LogP contribution in [-0.2, 0) is 14.3 Å². The van der Waals surface area contributed by atoms with Gasteiger partial charge in [0.25, 0.3) is 0 Å². The Labute approximate surface area is 76.1 Å². The minimum Gasteiger partial charge on any atom is -0.479 e. The van der Waals surface area contributed by atoms with Gasteiger partial charge in [0, 0.05) is 26.0 Å². The number of nitrogens with one attached hydrogen (secondary N) is 1. The van der Waals surface area contributed by atoms with Gasteiger partial charge < -0.3 is 15.2 Å². The van der Waals surface area contributed by atoms with Crippen LogP contribution in [0, 0.1) is 0 Å². The molecule has 1 aliphatic rings. The summed E-state index contributed by atoms with van der Waals surface area (Å²) >= 11 is 0. The first kappa shape index (κ1) is 9.98. The number of amides is 1. The van der Waals surface area contributed by atoms with Gasteiger partial charge in [-0.2, -0.15) is 0 Å². The summed E-state index contributed by atoms with van der Waals surface area (Å²) in [6.45, 7) is 1.81. The highest BCUT2D eigenvalue weighted by atomic mass is 16.5. The summed E-state index contributed by atoms with van der Waals surface area (Å²) in [4.78, 5) is 21.2. The summed E-state index contributed by atoms with van der Waals surface area (Å²) in [5.74, 6) is -1.09. The summed E-state index contributed by atoms with van der Waals surface area (Å²) in [5, 5.41) is 11.3. The van der Waals surface area contributed by atoms with E-state index in [1.165, 1.54) is 6.92 Å². The Bertz CT molecular complexity index is 216. The second-order valence-electron chi connectivity index (χ2n) is 3.12. The molecular formula is C8H13NO4. The smallest absolute Gasteiger partial charge is 0.332 e. The predicted octanol–water partition coefficient (Wildman–Crippen LogP) is -0.245. The molecule has 1 fully saturated rings. The van der Waals surface area contributed by atoms with Crippen molar-refractivity contribution in [2.24, 2.45) is 0 Å². The fraction of sp³-hybridized carbons (Fsp3) is 0.750. The second-order valence-corrected chi connectivity index (χ2v) is 3.12. The molecule has 0 spiro atoms. The standard InChI is InChI=1S/C8H13NO4/c1-5(10)9-6-2-3-13-7(4-6)8(11)12/h6-7H,2-4H2,1H3,(H,9,10)(H,11,12). The first-order valence-electron chi connectivity index (χ1n) is 4.21. The van der Waals surface area contributed by atoms with E-state index in [1.807, 2.05) is 0 Å². The number of ether oxygens (including phenoxy) is 1. The molecule has 1 saturated heterocycles. The zero-order valence-corrected chi connectivity index (χ0v) is 7.45. The molecule has 0 saturated carbocycles. The molecule has 0 radical (unpaired) electrons. The Balaban J connectivity index is 2.41. The van der Waals surface area contributed by atoms with Gasteiger partial charge in [-0.05, 0) is 6.42 Å². The van der Waals surface area contributed by atoms with E-state index in [9.17, 15) is 9.59 Å². The van der Waals surface area contributed by atoms with Crippen molar-refractivity contribution in [1.29, 1.82) is 0 Å². The molecule has 5 heteroatoms. The van der Waals surface area contributed by atoms with E-state index in [0.29, 0.717) is 19.4 Å². The molecule has 2 unspecified atom stereocenters. The van der Waals surface area contributed by atoms with Crippen LogP contribution in [0.1, 0.15) is 19.8 Å². The first-order chi connectivity index (χ1) is 6.09. The molecule has 0 aromatic heterocycles. The van der Waals surface area contributed by atoms with Gasteiger partial charge in [0.2, 0.25) is 5.91 Å². The topological polar surface area (TPSA) is 75.6 Å². The third kappa shape index (κ3) is 3.02. The van der Waals surface area contributed by atoms with Crippen molar-refractivity contribution in [3.63, 3.8) is 0 Å². The number of hydrogen-bond donors (Lipinski definition) is 2. The van der Waals surface area contributed by atoms with Crippen LogP contribution in [0.4, 0.5) is 0 Å². The van der Waals surface area contributed by atoms with Crippen LogP contribution in [0.25, 0.3) is 0 Å². The van der Waals surface area contributed by atoms with Crippen LogP contribution in [-0.4, -0.2) is 35.7 Å². The molecule has 1 amide bonds. The van der Waals surface area contributed by atoms with Gasteiger partial charge in [0.15, 0.2) is 6.10 Å². The second kappa shape index (κ2) is 4.23. The number of carboxylic acids is 1. The Morgan fingerprint density at radius 2 is 2.23 bits per heavy atom. The zero-order chi connectivity index (χ0) is 9.84. The summed E-state index contributed by atoms with van der Waals surface area (Å²) in [6, 6.07) is -0.0626. The maximum atomic E-state index is 10.7. The van der Waals surface area contributed by atoms with Gasteiger partial charge in [-0.3, -0.25) is 4.79 Å². The molecule has 5 nitrogen and oxygen atoms in total. The summed E-state index contributed by atoms with van der Waals surface area (Å²) in [5.41, 5.74) is 0. The summed E-state index contributed by atoms with van der Waals surface area (Å²) in [6.07, 6.45) is 0.267. The van der Waals surface area contributed by atoms with Gasteiger partial charge in [0.05, 0.1) is 0 Å². The van der Waals surface area contributed by atoms with E-state index in [4.69, 9.17) is 9.84 Å². The van der Waals surface area contributed by atoms with Crippen LogP contribution in [0.3, 0.4) is 0 Å². The average Bonchev–Trinajstić information content (AvgIpc) is 2.03. The molecule has 0 aliphatic carbocycles. The van der Waals surface area contributed by atoms with Gasteiger partial charge in [0.1, 0.15) is 0 Å². The minimum absolute atomic E-state index is 0.0626. The third-order valence-electron chi connectivity index (χ3n) is 1.97. The Morgan fingerprint density at radius 1 is 1.54 bits per heavy atom. The average molecular weight is 187 g/mol. The van der Waals surface area contributed by atoms with E-state index < -0.39 is 12.1 Å². The molecule has 0 bridgehead atoms. The van der Waals surface area contributed by atoms with Gasteiger partial charge in [-0.15, -0.1) is 0 Å². The van der Waals surface area contributed by atoms with E-state index >= 15 is 0 Å². The number of rotatable bonds is 2. The molecule has 1 rings (SSSR count). The molecule has 13 heavy (non-hydrogen) atoms. The van der Waals surface area contributed by atoms with Crippen LogP contribution in [0.15, 0.2) is 0 Å². The van der Waals surface area contributed by atoms with Crippen LogP contribution in [0.5, 0.6) is 0 Å². The van der Waals surface area contributed by atoms with Crippen LogP contribution in [0.2, 0.25) is 0 Å². The van der Waals surface area contributed by atoms with Crippen molar-refractivity contribution in [3.05, 3.63) is 0 Å². The molecule has 0 aromatic rings. The van der Waals surface area contributed by atoms with E-state index in [0.717, 1.165) is 0 Å². The maximum absolute atomic E-state index is 10.7. The monoisotopic (exact) mass is 187 g/mol. The first-order valence-corrected chi connectivity index (χ1v) is 4.21. The molecule has 2 N–H and O–H groups in total. The molecule has 0 aromatic carbocycles. The van der Waals surface area contributed by atoms with Crippen molar-refractivity contribution in [2.75, 3.05) is 6.61 Å². The van der Waals surface area contributed by atoms with Crippen LogP contribution >= 0.6 is 0 Å². The van der Waals surface area contributed by atoms with Gasteiger partial charge in [-0.1, -0.05) is 0 Å². The Hall–Kier alpha value is -1.10. The van der Waals surface area contributed by atoms with Gasteiger partial charge in [-0.25, -0.2) is 4.79 Å². The van der Waals surface area contributed by atoms with E-state index in [1.54, 1.807) is 0 Å². The molecule has 2 atom stereocenters. The Kier molecular flexibility index (Phi) is 3.25. The lowest BCUT2D eigenvalue weighted by molar-refractivity contribution is -0.154. The number of hydrogen-bond acceptors (Lipinski definition) is 3. The van der Waals surface area contributed by atoms with E-state index in [2.05, 4.69) is 5.32 Å². The SMILES string of the molecule is CC(=O)NC1CCOC(C(=O)O)C1. The Morgan fingerprint density at radius 3 is 2.77 bits per heavy atom. The lowest BCUT2D eigenvalue weighted by Gasteiger charge is -2.27. The van der Waals surface area contributed by atoms with Crippen molar-refractivity contribution in [2.45, 2.75) is 31.9 Å². The number of carbonyl (C=O) groups is 2. The van der Waals surface area contributed by atoms with Crippen LogP contribution < -0.4 is 5.32 Å². The highest BCUT2D eigenvalue weighted by Gasteiger charge is 2.27. The molecule has 1 aliphatic heterocycles. The predicted molar refractivity (Wildman–Crippen MR) is 44.2 cm³/mol. The minimum atomic E-state index is -0.963. The zero-order valence-electron chi connectivity index (χ0n) is 7.45. The van der Waals surface area contributed by atoms with Gasteiger partial charge >= 0.3 is 5.97 Å². The summed E-state index contributed by atoms with van der Waals surface area (Å²) < 4.78 is 5.00. The third-order valence-corrected chi connectivity index (χ3v) is 1.97. The highest BCUT2D eigenvalue weighted by molar-refractivity contribution is 5.74. The lowest BCUT2D eigenvalue weighted by atomic mass is 10.0. The lowest BCUT2D eigenvalue weighted by Crippen LogP contribution is -2.43. The quantitative estimate of drug-likeness (QED) is 0.625. The number of aliphatic carboxylic acids is 1. The highest BCUT2D eigenvalue weighted by Crippen LogP contribution is 2.13. The largest absolute Gasteiger partial charge is 0.479 e. The van der Waals surface area contributed by atoms with E-state index in [-0.39, 0.29) is 11.9 Å². The maximum Gasteiger partial charge on any atom is 0.332 e. The normalized spacial score (nSPS) is 28.1.